The van der Waals surface area contributed by atoms with Gasteiger partial charge >= 0.3 is 5.97 Å². The number of rotatable bonds is 5. The Balaban J connectivity index is 1.83. The molecule has 1 saturated carbocycles. The lowest BCUT2D eigenvalue weighted by Gasteiger charge is -2.12. The largest absolute Gasteiger partial charge is 0.452 e. The summed E-state index contributed by atoms with van der Waals surface area (Å²) in [6.07, 6.45) is 2.28. The predicted molar refractivity (Wildman–Crippen MR) is 77.1 cm³/mol. The molecule has 1 fully saturated rings. The van der Waals surface area contributed by atoms with Crippen LogP contribution in [0.4, 0.5) is 0 Å². The molecule has 2 rings (SSSR count). The summed E-state index contributed by atoms with van der Waals surface area (Å²) in [6, 6.07) is 4.53. The number of amides is 1. The highest BCUT2D eigenvalue weighted by molar-refractivity contribution is 6.35. The van der Waals surface area contributed by atoms with E-state index in [1.165, 1.54) is 18.2 Å². The van der Waals surface area contributed by atoms with Gasteiger partial charge in [0.05, 0.1) is 5.56 Å². The van der Waals surface area contributed by atoms with Crippen LogP contribution >= 0.6 is 23.2 Å². The maximum absolute atomic E-state index is 11.8. The fourth-order valence-corrected chi connectivity index (χ4v) is 2.42. The standard InChI is InChI=1S/C14H15Cl2NO3/c1-8(9-2-3-9)17-13(18)7-20-14(19)10-4-11(15)6-12(16)5-10/h4-6,8-9H,2-3,7H2,1H3,(H,17,18)/t8-/m1/s1. The van der Waals surface area contributed by atoms with Crippen LogP contribution in [0.5, 0.6) is 0 Å². The average Bonchev–Trinajstić information content (AvgIpc) is 3.18. The van der Waals surface area contributed by atoms with Gasteiger partial charge in [-0.05, 0) is 43.9 Å². The molecule has 1 aromatic carbocycles. The van der Waals surface area contributed by atoms with Gasteiger partial charge in [0.1, 0.15) is 0 Å². The third kappa shape index (κ3) is 4.39. The van der Waals surface area contributed by atoms with Crippen molar-refractivity contribution in [2.45, 2.75) is 25.8 Å². The van der Waals surface area contributed by atoms with Gasteiger partial charge in [0.15, 0.2) is 6.61 Å². The van der Waals surface area contributed by atoms with Crippen molar-refractivity contribution in [2.24, 2.45) is 5.92 Å². The van der Waals surface area contributed by atoms with Crippen LogP contribution < -0.4 is 5.32 Å². The van der Waals surface area contributed by atoms with Gasteiger partial charge in [-0.3, -0.25) is 4.79 Å². The number of carbonyl (C=O) groups excluding carboxylic acids is 2. The minimum absolute atomic E-state index is 0.127. The third-order valence-electron chi connectivity index (χ3n) is 3.15. The Bertz CT molecular complexity index is 509. The molecule has 0 aliphatic heterocycles. The first kappa shape index (κ1) is 15.1. The van der Waals surface area contributed by atoms with E-state index < -0.39 is 5.97 Å². The summed E-state index contributed by atoms with van der Waals surface area (Å²) in [5.74, 6) is -0.365. The highest BCUT2D eigenvalue weighted by atomic mass is 35.5. The first-order valence-corrected chi connectivity index (χ1v) is 7.14. The van der Waals surface area contributed by atoms with E-state index in [0.29, 0.717) is 16.0 Å². The monoisotopic (exact) mass is 315 g/mol. The van der Waals surface area contributed by atoms with Gasteiger partial charge in [-0.25, -0.2) is 4.79 Å². The van der Waals surface area contributed by atoms with Crippen LogP contribution in [0.25, 0.3) is 0 Å². The molecule has 0 unspecified atom stereocenters. The summed E-state index contributed by atoms with van der Waals surface area (Å²) >= 11 is 11.6. The van der Waals surface area contributed by atoms with Crippen molar-refractivity contribution in [3.63, 3.8) is 0 Å². The molecule has 0 heterocycles. The molecule has 1 aliphatic carbocycles. The Morgan fingerprint density at radius 2 is 1.90 bits per heavy atom. The number of ether oxygens (including phenoxy) is 1. The first-order chi connectivity index (χ1) is 9.45. The molecule has 108 valence electrons. The van der Waals surface area contributed by atoms with E-state index in [1.807, 2.05) is 6.92 Å². The molecule has 20 heavy (non-hydrogen) atoms. The summed E-state index contributed by atoms with van der Waals surface area (Å²) in [7, 11) is 0. The quantitative estimate of drug-likeness (QED) is 0.850. The number of carbonyl (C=O) groups is 2. The smallest absolute Gasteiger partial charge is 0.338 e. The van der Waals surface area contributed by atoms with Crippen LogP contribution in [0, 0.1) is 5.92 Å². The van der Waals surface area contributed by atoms with Crippen molar-refractivity contribution in [3.8, 4) is 0 Å². The highest BCUT2D eigenvalue weighted by Crippen LogP contribution is 2.32. The van der Waals surface area contributed by atoms with Gasteiger partial charge < -0.3 is 10.1 Å². The van der Waals surface area contributed by atoms with E-state index in [1.54, 1.807) is 0 Å². The number of hydrogen-bond acceptors (Lipinski definition) is 3. The van der Waals surface area contributed by atoms with Crippen LogP contribution in [0.2, 0.25) is 10.0 Å². The average molecular weight is 316 g/mol. The van der Waals surface area contributed by atoms with Crippen molar-refractivity contribution in [2.75, 3.05) is 6.61 Å². The van der Waals surface area contributed by atoms with Crippen molar-refractivity contribution in [1.82, 2.24) is 5.32 Å². The summed E-state index contributed by atoms with van der Waals surface area (Å²) in [4.78, 5) is 23.4. The first-order valence-electron chi connectivity index (χ1n) is 6.38. The number of nitrogens with one attached hydrogen (secondary N) is 1. The fourth-order valence-electron chi connectivity index (χ4n) is 1.90. The molecule has 0 saturated heterocycles. The van der Waals surface area contributed by atoms with Crippen molar-refractivity contribution in [3.05, 3.63) is 33.8 Å². The predicted octanol–water partition coefficient (Wildman–Crippen LogP) is 3.06. The molecule has 0 spiro atoms. The number of esters is 1. The zero-order valence-corrected chi connectivity index (χ0v) is 12.5. The van der Waals surface area contributed by atoms with Crippen LogP contribution in [0.15, 0.2) is 18.2 Å². The topological polar surface area (TPSA) is 55.4 Å². The van der Waals surface area contributed by atoms with Gasteiger partial charge in [0.25, 0.3) is 5.91 Å². The Labute approximate surface area is 127 Å². The molecule has 0 aromatic heterocycles. The molecule has 1 atom stereocenters. The lowest BCUT2D eigenvalue weighted by molar-refractivity contribution is -0.124. The molecule has 1 aromatic rings. The maximum Gasteiger partial charge on any atom is 0.338 e. The van der Waals surface area contributed by atoms with Gasteiger partial charge in [0, 0.05) is 16.1 Å². The third-order valence-corrected chi connectivity index (χ3v) is 3.59. The molecule has 4 nitrogen and oxygen atoms in total. The minimum Gasteiger partial charge on any atom is -0.452 e. The molecule has 1 N–H and O–H groups in total. The zero-order valence-electron chi connectivity index (χ0n) is 11.0. The van der Waals surface area contributed by atoms with Gasteiger partial charge in [-0.2, -0.15) is 0 Å². The lowest BCUT2D eigenvalue weighted by Crippen LogP contribution is -2.37. The lowest BCUT2D eigenvalue weighted by atomic mass is 10.2. The van der Waals surface area contributed by atoms with E-state index in [0.717, 1.165) is 12.8 Å². The molecule has 6 heteroatoms. The van der Waals surface area contributed by atoms with Crippen molar-refractivity contribution < 1.29 is 14.3 Å². The van der Waals surface area contributed by atoms with Crippen LogP contribution in [0.1, 0.15) is 30.1 Å². The SMILES string of the molecule is C[C@@H](NC(=O)COC(=O)c1cc(Cl)cc(Cl)c1)C1CC1. The summed E-state index contributed by atoms with van der Waals surface area (Å²) in [6.45, 7) is 1.65. The number of hydrogen-bond donors (Lipinski definition) is 1. The maximum atomic E-state index is 11.8. The molecular formula is C14H15Cl2NO3. The normalized spacial score (nSPS) is 15.6. The number of halogens is 2. The second-order valence-corrected chi connectivity index (χ2v) is 5.80. The van der Waals surface area contributed by atoms with Crippen molar-refractivity contribution >= 4 is 35.1 Å². The van der Waals surface area contributed by atoms with E-state index in [-0.39, 0.29) is 24.1 Å². The molecule has 0 bridgehead atoms. The Morgan fingerprint density at radius 3 is 2.45 bits per heavy atom. The van der Waals surface area contributed by atoms with Crippen LogP contribution in [-0.4, -0.2) is 24.5 Å². The zero-order chi connectivity index (χ0) is 14.7. The van der Waals surface area contributed by atoms with Crippen LogP contribution in [0.3, 0.4) is 0 Å². The summed E-state index contributed by atoms with van der Waals surface area (Å²) < 4.78 is 4.93. The van der Waals surface area contributed by atoms with E-state index in [2.05, 4.69) is 5.32 Å². The highest BCUT2D eigenvalue weighted by Gasteiger charge is 2.29. The molecule has 0 radical (unpaired) electrons. The van der Waals surface area contributed by atoms with Crippen LogP contribution in [-0.2, 0) is 9.53 Å². The summed E-state index contributed by atoms with van der Waals surface area (Å²) in [5.41, 5.74) is 0.227. The Morgan fingerprint density at radius 1 is 1.30 bits per heavy atom. The van der Waals surface area contributed by atoms with E-state index in [9.17, 15) is 9.59 Å². The van der Waals surface area contributed by atoms with Crippen molar-refractivity contribution in [1.29, 1.82) is 0 Å². The fraction of sp³-hybridized carbons (Fsp3) is 0.429. The Kier molecular flexibility index (Phi) is 4.89. The van der Waals surface area contributed by atoms with E-state index in [4.69, 9.17) is 27.9 Å². The van der Waals surface area contributed by atoms with E-state index >= 15 is 0 Å². The number of benzene rings is 1. The molecular weight excluding hydrogens is 301 g/mol. The summed E-state index contributed by atoms with van der Waals surface area (Å²) in [5, 5.41) is 3.49. The minimum atomic E-state index is -0.622. The second kappa shape index (κ2) is 6.46. The second-order valence-electron chi connectivity index (χ2n) is 4.93. The molecule has 1 amide bonds. The van der Waals surface area contributed by atoms with Gasteiger partial charge in [0.2, 0.25) is 0 Å². The van der Waals surface area contributed by atoms with Gasteiger partial charge in [-0.1, -0.05) is 23.2 Å². The molecule has 1 aliphatic rings. The van der Waals surface area contributed by atoms with Gasteiger partial charge in [-0.15, -0.1) is 0 Å². The Hall–Kier alpha value is -1.26.